The lowest BCUT2D eigenvalue weighted by Gasteiger charge is -2.06. The Kier molecular flexibility index (Phi) is 3.27. The first-order valence-corrected chi connectivity index (χ1v) is 4.08. The molecule has 0 unspecified atom stereocenters. The van der Waals surface area contributed by atoms with Crippen LogP contribution in [0.25, 0.3) is 0 Å². The highest BCUT2D eigenvalue weighted by molar-refractivity contribution is 4.84. The molecule has 0 amide bonds. The van der Waals surface area contributed by atoms with Gasteiger partial charge in [0.15, 0.2) is 0 Å². The summed E-state index contributed by atoms with van der Waals surface area (Å²) in [6, 6.07) is 2.71. The molecule has 0 aliphatic heterocycles. The van der Waals surface area contributed by atoms with Crippen LogP contribution in [0.2, 0.25) is 0 Å². The van der Waals surface area contributed by atoms with Crippen molar-refractivity contribution in [1.82, 2.24) is 9.78 Å². The molecule has 1 rings (SSSR count). The van der Waals surface area contributed by atoms with E-state index in [1.54, 1.807) is 0 Å². The third-order valence-corrected chi connectivity index (χ3v) is 1.62. The van der Waals surface area contributed by atoms with Crippen molar-refractivity contribution < 1.29 is 13.2 Å². The maximum Gasteiger partial charge on any atom is 0.389 e. The van der Waals surface area contributed by atoms with E-state index >= 15 is 0 Å². The Morgan fingerprint density at radius 3 is 2.71 bits per heavy atom. The summed E-state index contributed by atoms with van der Waals surface area (Å²) in [4.78, 5) is 11.0. The molecular weight excluding hydrogens is 197 g/mol. The predicted molar refractivity (Wildman–Crippen MR) is 43.8 cm³/mol. The SMILES string of the molecule is O=c1cccnn1CCCC(F)(F)F. The minimum absolute atomic E-state index is 0.000810. The molecule has 0 bridgehead atoms. The quantitative estimate of drug-likeness (QED) is 0.752. The Morgan fingerprint density at radius 2 is 2.14 bits per heavy atom. The van der Waals surface area contributed by atoms with Gasteiger partial charge in [0, 0.05) is 25.2 Å². The van der Waals surface area contributed by atoms with Crippen LogP contribution in [0.15, 0.2) is 23.1 Å². The fourth-order valence-corrected chi connectivity index (χ4v) is 0.984. The van der Waals surface area contributed by atoms with E-state index in [0.717, 1.165) is 4.68 Å². The fourth-order valence-electron chi connectivity index (χ4n) is 0.984. The Labute approximate surface area is 78.2 Å². The van der Waals surface area contributed by atoms with E-state index in [-0.39, 0.29) is 18.5 Å². The smallest absolute Gasteiger partial charge is 0.268 e. The van der Waals surface area contributed by atoms with E-state index in [4.69, 9.17) is 0 Å². The standard InChI is InChI=1S/C8H9F3N2O/c9-8(10,11)4-2-6-13-7(14)3-1-5-12-13/h1,3,5H,2,4,6H2. The van der Waals surface area contributed by atoms with Gasteiger partial charge in [0.2, 0.25) is 0 Å². The van der Waals surface area contributed by atoms with Crippen LogP contribution in [0.1, 0.15) is 12.8 Å². The van der Waals surface area contributed by atoms with Gasteiger partial charge in [0.05, 0.1) is 0 Å². The second-order valence-corrected chi connectivity index (χ2v) is 2.80. The molecule has 0 aliphatic rings. The Morgan fingerprint density at radius 1 is 1.43 bits per heavy atom. The topological polar surface area (TPSA) is 34.9 Å². The molecule has 6 heteroatoms. The minimum atomic E-state index is -4.17. The molecule has 0 aliphatic carbocycles. The predicted octanol–water partition coefficient (Wildman–Crippen LogP) is 1.59. The number of aryl methyl sites for hydroxylation is 1. The van der Waals surface area contributed by atoms with Gasteiger partial charge in [-0.2, -0.15) is 18.3 Å². The van der Waals surface area contributed by atoms with Gasteiger partial charge in [-0.25, -0.2) is 4.68 Å². The molecule has 1 aromatic rings. The average molecular weight is 206 g/mol. The summed E-state index contributed by atoms with van der Waals surface area (Å²) in [6.07, 6.45) is -3.82. The van der Waals surface area contributed by atoms with Crippen LogP contribution in [-0.2, 0) is 6.54 Å². The Bertz CT molecular complexity index is 345. The first-order valence-electron chi connectivity index (χ1n) is 4.08. The number of aromatic nitrogens is 2. The number of halogens is 3. The van der Waals surface area contributed by atoms with Crippen LogP contribution < -0.4 is 5.56 Å². The van der Waals surface area contributed by atoms with E-state index in [1.807, 2.05) is 0 Å². The minimum Gasteiger partial charge on any atom is -0.268 e. The normalized spacial score (nSPS) is 11.6. The van der Waals surface area contributed by atoms with Crippen molar-refractivity contribution in [3.63, 3.8) is 0 Å². The van der Waals surface area contributed by atoms with Gasteiger partial charge in [-0.05, 0) is 12.5 Å². The summed E-state index contributed by atoms with van der Waals surface area (Å²) in [7, 11) is 0. The zero-order valence-corrected chi connectivity index (χ0v) is 7.29. The van der Waals surface area contributed by atoms with E-state index in [2.05, 4.69) is 5.10 Å². The van der Waals surface area contributed by atoms with Crippen LogP contribution in [0.5, 0.6) is 0 Å². The average Bonchev–Trinajstić information content (AvgIpc) is 2.06. The van der Waals surface area contributed by atoms with E-state index in [9.17, 15) is 18.0 Å². The summed E-state index contributed by atoms with van der Waals surface area (Å²) in [5.74, 6) is 0. The Balaban J connectivity index is 2.47. The fraction of sp³-hybridized carbons (Fsp3) is 0.500. The summed E-state index contributed by atoms with van der Waals surface area (Å²) < 4.78 is 36.3. The van der Waals surface area contributed by atoms with Gasteiger partial charge in [0.25, 0.3) is 5.56 Å². The van der Waals surface area contributed by atoms with E-state index in [0.29, 0.717) is 0 Å². The highest BCUT2D eigenvalue weighted by Crippen LogP contribution is 2.21. The monoisotopic (exact) mass is 206 g/mol. The molecule has 0 saturated heterocycles. The summed E-state index contributed by atoms with van der Waals surface area (Å²) in [6.45, 7) is -0.000810. The molecule has 0 spiro atoms. The van der Waals surface area contributed by atoms with Crippen LogP contribution in [0, 0.1) is 0 Å². The summed E-state index contributed by atoms with van der Waals surface area (Å²) in [5, 5.41) is 3.63. The molecule has 0 saturated carbocycles. The number of nitrogens with zero attached hydrogens (tertiary/aromatic N) is 2. The van der Waals surface area contributed by atoms with Crippen LogP contribution in [-0.4, -0.2) is 16.0 Å². The van der Waals surface area contributed by atoms with Crippen LogP contribution in [0.4, 0.5) is 13.2 Å². The van der Waals surface area contributed by atoms with Gasteiger partial charge in [-0.3, -0.25) is 4.79 Å². The lowest BCUT2D eigenvalue weighted by molar-refractivity contribution is -0.136. The second kappa shape index (κ2) is 4.26. The molecule has 14 heavy (non-hydrogen) atoms. The van der Waals surface area contributed by atoms with Gasteiger partial charge < -0.3 is 0 Å². The summed E-state index contributed by atoms with van der Waals surface area (Å²) >= 11 is 0. The highest BCUT2D eigenvalue weighted by Gasteiger charge is 2.26. The Hall–Kier alpha value is -1.33. The molecule has 0 aromatic carbocycles. The van der Waals surface area contributed by atoms with Crippen molar-refractivity contribution in [3.05, 3.63) is 28.7 Å². The van der Waals surface area contributed by atoms with E-state index < -0.39 is 12.6 Å². The highest BCUT2D eigenvalue weighted by atomic mass is 19.4. The van der Waals surface area contributed by atoms with Crippen molar-refractivity contribution in [3.8, 4) is 0 Å². The van der Waals surface area contributed by atoms with Gasteiger partial charge in [-0.15, -0.1) is 0 Å². The number of hydrogen-bond donors (Lipinski definition) is 0. The first-order chi connectivity index (χ1) is 6.49. The molecule has 1 aromatic heterocycles. The summed E-state index contributed by atoms with van der Waals surface area (Å²) in [5.41, 5.74) is -0.380. The molecule has 78 valence electrons. The van der Waals surface area contributed by atoms with Crippen molar-refractivity contribution in [2.24, 2.45) is 0 Å². The lowest BCUT2D eigenvalue weighted by Crippen LogP contribution is -2.22. The maximum absolute atomic E-state index is 11.8. The third kappa shape index (κ3) is 3.59. The molecular formula is C8H9F3N2O. The lowest BCUT2D eigenvalue weighted by atomic mass is 10.3. The molecule has 1 heterocycles. The third-order valence-electron chi connectivity index (χ3n) is 1.62. The van der Waals surface area contributed by atoms with Gasteiger partial charge in [0.1, 0.15) is 0 Å². The molecule has 3 nitrogen and oxygen atoms in total. The molecule has 0 atom stereocenters. The van der Waals surface area contributed by atoms with Gasteiger partial charge >= 0.3 is 6.18 Å². The molecule has 0 N–H and O–H groups in total. The van der Waals surface area contributed by atoms with Crippen LogP contribution in [0.3, 0.4) is 0 Å². The van der Waals surface area contributed by atoms with Crippen LogP contribution >= 0.6 is 0 Å². The van der Waals surface area contributed by atoms with Crippen molar-refractivity contribution in [1.29, 1.82) is 0 Å². The number of alkyl halides is 3. The van der Waals surface area contributed by atoms with Crippen molar-refractivity contribution in [2.75, 3.05) is 0 Å². The second-order valence-electron chi connectivity index (χ2n) is 2.80. The zero-order valence-electron chi connectivity index (χ0n) is 7.29. The largest absolute Gasteiger partial charge is 0.389 e. The zero-order chi connectivity index (χ0) is 10.6. The van der Waals surface area contributed by atoms with Crippen molar-refractivity contribution in [2.45, 2.75) is 25.6 Å². The molecule has 0 fully saturated rings. The number of rotatable bonds is 3. The van der Waals surface area contributed by atoms with Gasteiger partial charge in [-0.1, -0.05) is 0 Å². The first kappa shape index (κ1) is 10.7. The molecule has 0 radical (unpaired) electrons. The maximum atomic E-state index is 11.8. The van der Waals surface area contributed by atoms with E-state index in [1.165, 1.54) is 18.3 Å². The van der Waals surface area contributed by atoms with Crippen molar-refractivity contribution >= 4 is 0 Å². The number of hydrogen-bond acceptors (Lipinski definition) is 2.